The van der Waals surface area contributed by atoms with Crippen molar-refractivity contribution in [1.82, 2.24) is 19.3 Å². The fourth-order valence-corrected chi connectivity index (χ4v) is 2.93. The van der Waals surface area contributed by atoms with E-state index >= 15 is 0 Å². The smallest absolute Gasteiger partial charge is 0.179 e. The van der Waals surface area contributed by atoms with Gasteiger partial charge in [-0.1, -0.05) is 13.3 Å². The Morgan fingerprint density at radius 2 is 2.16 bits per heavy atom. The minimum absolute atomic E-state index is 0.262. The van der Waals surface area contributed by atoms with E-state index in [2.05, 4.69) is 28.5 Å². The molecule has 0 aliphatic heterocycles. The molecule has 0 saturated carbocycles. The zero-order chi connectivity index (χ0) is 14.0. The maximum atomic E-state index is 5.49. The Morgan fingerprint density at radius 1 is 1.42 bits per heavy atom. The third kappa shape index (κ3) is 2.47. The molecular formula is C13H22N4OS. The summed E-state index contributed by atoms with van der Waals surface area (Å²) in [4.78, 5) is 3.29. The van der Waals surface area contributed by atoms with Gasteiger partial charge < -0.3 is 9.72 Å². The van der Waals surface area contributed by atoms with Crippen LogP contribution in [0.5, 0.6) is 0 Å². The number of fused-ring (bicyclic) bond motifs is 1. The van der Waals surface area contributed by atoms with Crippen molar-refractivity contribution in [2.45, 2.75) is 46.2 Å². The van der Waals surface area contributed by atoms with E-state index in [9.17, 15) is 0 Å². The molecule has 1 unspecified atom stereocenters. The predicted octanol–water partition coefficient (Wildman–Crippen LogP) is 3.21. The molecule has 0 aromatic carbocycles. The summed E-state index contributed by atoms with van der Waals surface area (Å²) in [6.45, 7) is 7.79. The molecule has 19 heavy (non-hydrogen) atoms. The Hall–Kier alpha value is -1.14. The SMILES string of the molecule is CCCC(COC)n1c(=S)[nH]c2c(C)nn(CC)c21. The van der Waals surface area contributed by atoms with Crippen LogP contribution in [0.25, 0.3) is 11.2 Å². The Labute approximate surface area is 118 Å². The van der Waals surface area contributed by atoms with Gasteiger partial charge in [0.2, 0.25) is 0 Å². The van der Waals surface area contributed by atoms with Crippen LogP contribution in [0, 0.1) is 11.7 Å². The second kappa shape index (κ2) is 5.88. The topological polar surface area (TPSA) is 47.8 Å². The van der Waals surface area contributed by atoms with Crippen LogP contribution >= 0.6 is 12.2 Å². The summed E-state index contributed by atoms with van der Waals surface area (Å²) in [6, 6.07) is 0.262. The van der Waals surface area contributed by atoms with E-state index in [1.807, 2.05) is 11.6 Å². The highest BCUT2D eigenvalue weighted by Gasteiger charge is 2.19. The highest BCUT2D eigenvalue weighted by molar-refractivity contribution is 7.71. The fraction of sp³-hybridized carbons (Fsp3) is 0.692. The summed E-state index contributed by atoms with van der Waals surface area (Å²) in [5.41, 5.74) is 3.12. The molecule has 2 aromatic rings. The van der Waals surface area contributed by atoms with Crippen molar-refractivity contribution in [3.63, 3.8) is 0 Å². The molecule has 5 nitrogen and oxygen atoms in total. The van der Waals surface area contributed by atoms with Crippen molar-refractivity contribution in [1.29, 1.82) is 0 Å². The molecule has 0 bridgehead atoms. The predicted molar refractivity (Wildman–Crippen MR) is 79.1 cm³/mol. The lowest BCUT2D eigenvalue weighted by Crippen LogP contribution is -2.16. The van der Waals surface area contributed by atoms with Crippen LogP contribution in [0.3, 0.4) is 0 Å². The van der Waals surface area contributed by atoms with Crippen LogP contribution in [-0.2, 0) is 11.3 Å². The molecule has 6 heteroatoms. The molecule has 1 atom stereocenters. The monoisotopic (exact) mass is 282 g/mol. The van der Waals surface area contributed by atoms with E-state index in [0.29, 0.717) is 6.61 Å². The largest absolute Gasteiger partial charge is 0.383 e. The highest BCUT2D eigenvalue weighted by Crippen LogP contribution is 2.24. The lowest BCUT2D eigenvalue weighted by atomic mass is 10.2. The van der Waals surface area contributed by atoms with Crippen LogP contribution in [0.2, 0.25) is 0 Å². The number of nitrogens with one attached hydrogen (secondary N) is 1. The van der Waals surface area contributed by atoms with Crippen molar-refractivity contribution in [2.75, 3.05) is 13.7 Å². The highest BCUT2D eigenvalue weighted by atomic mass is 32.1. The fourth-order valence-electron chi connectivity index (χ4n) is 2.60. The van der Waals surface area contributed by atoms with Crippen molar-refractivity contribution < 1.29 is 4.74 Å². The first-order chi connectivity index (χ1) is 9.13. The van der Waals surface area contributed by atoms with E-state index in [-0.39, 0.29) is 6.04 Å². The standard InChI is InChI=1S/C13H22N4OS/c1-5-7-10(8-18-4)17-12-11(14-13(17)19)9(3)15-16(12)6-2/h10H,5-8H2,1-4H3,(H,14,19). The van der Waals surface area contributed by atoms with Gasteiger partial charge in [-0.25, -0.2) is 4.68 Å². The number of imidazole rings is 1. The third-order valence-electron chi connectivity index (χ3n) is 3.43. The molecule has 0 fully saturated rings. The zero-order valence-electron chi connectivity index (χ0n) is 12.1. The quantitative estimate of drug-likeness (QED) is 0.828. The first-order valence-electron chi connectivity index (χ1n) is 6.80. The van der Waals surface area contributed by atoms with E-state index in [4.69, 9.17) is 17.0 Å². The molecule has 0 spiro atoms. The van der Waals surface area contributed by atoms with Gasteiger partial charge in [0.15, 0.2) is 10.4 Å². The maximum absolute atomic E-state index is 5.49. The molecule has 0 saturated heterocycles. The van der Waals surface area contributed by atoms with Gasteiger partial charge in [-0.15, -0.1) is 0 Å². The Morgan fingerprint density at radius 3 is 2.74 bits per heavy atom. The number of hydrogen-bond acceptors (Lipinski definition) is 3. The summed E-state index contributed by atoms with van der Waals surface area (Å²) >= 11 is 5.49. The minimum atomic E-state index is 0.262. The number of aryl methyl sites for hydroxylation is 2. The van der Waals surface area contributed by atoms with Gasteiger partial charge in [0.1, 0.15) is 5.52 Å². The second-order valence-corrected chi connectivity index (χ2v) is 5.18. The van der Waals surface area contributed by atoms with Crippen LogP contribution < -0.4 is 0 Å². The minimum Gasteiger partial charge on any atom is -0.383 e. The molecule has 0 aliphatic rings. The Balaban J connectivity index is 2.63. The van der Waals surface area contributed by atoms with Crippen LogP contribution in [0.4, 0.5) is 0 Å². The molecule has 0 radical (unpaired) electrons. The first kappa shape index (κ1) is 14.3. The van der Waals surface area contributed by atoms with Gasteiger partial charge in [0.25, 0.3) is 0 Å². The van der Waals surface area contributed by atoms with Crippen molar-refractivity contribution in [2.24, 2.45) is 0 Å². The summed E-state index contributed by atoms with van der Waals surface area (Å²) in [5, 5.41) is 4.55. The number of aromatic amines is 1. The number of ether oxygens (including phenoxy) is 1. The van der Waals surface area contributed by atoms with E-state index in [1.165, 1.54) is 0 Å². The number of methoxy groups -OCH3 is 1. The van der Waals surface area contributed by atoms with Gasteiger partial charge in [0.05, 0.1) is 18.3 Å². The van der Waals surface area contributed by atoms with Crippen LogP contribution in [-0.4, -0.2) is 33.0 Å². The molecule has 106 valence electrons. The summed E-state index contributed by atoms with van der Waals surface area (Å²) < 4.78 is 10.3. The number of H-pyrrole nitrogens is 1. The summed E-state index contributed by atoms with van der Waals surface area (Å²) in [5.74, 6) is 0. The van der Waals surface area contributed by atoms with Crippen molar-refractivity contribution in [3.05, 3.63) is 10.5 Å². The van der Waals surface area contributed by atoms with Crippen LogP contribution in [0.1, 0.15) is 38.4 Å². The third-order valence-corrected chi connectivity index (χ3v) is 3.72. The zero-order valence-corrected chi connectivity index (χ0v) is 12.9. The van der Waals surface area contributed by atoms with Gasteiger partial charge in [-0.2, -0.15) is 5.10 Å². The van der Waals surface area contributed by atoms with E-state index < -0.39 is 0 Å². The number of hydrogen-bond donors (Lipinski definition) is 1. The summed E-state index contributed by atoms with van der Waals surface area (Å²) in [6.07, 6.45) is 2.14. The second-order valence-electron chi connectivity index (χ2n) is 4.80. The van der Waals surface area contributed by atoms with Crippen LogP contribution in [0.15, 0.2) is 0 Å². The first-order valence-corrected chi connectivity index (χ1v) is 7.21. The van der Waals surface area contributed by atoms with Gasteiger partial charge in [0, 0.05) is 13.7 Å². The molecule has 2 rings (SSSR count). The van der Waals surface area contributed by atoms with E-state index in [1.54, 1.807) is 7.11 Å². The number of rotatable bonds is 6. The average Bonchev–Trinajstić information content (AvgIpc) is 2.86. The van der Waals surface area contributed by atoms with Gasteiger partial charge in [-0.3, -0.25) is 4.57 Å². The van der Waals surface area contributed by atoms with Crippen molar-refractivity contribution in [3.8, 4) is 0 Å². The lowest BCUT2D eigenvalue weighted by molar-refractivity contribution is 0.151. The van der Waals surface area contributed by atoms with E-state index in [0.717, 1.165) is 41.0 Å². The van der Waals surface area contributed by atoms with Gasteiger partial charge >= 0.3 is 0 Å². The molecular weight excluding hydrogens is 260 g/mol. The summed E-state index contributed by atoms with van der Waals surface area (Å²) in [7, 11) is 1.73. The number of nitrogens with zero attached hydrogens (tertiary/aromatic N) is 3. The Bertz CT molecular complexity index is 604. The van der Waals surface area contributed by atoms with Gasteiger partial charge in [-0.05, 0) is 32.5 Å². The average molecular weight is 282 g/mol. The molecule has 1 N–H and O–H groups in total. The normalized spacial score (nSPS) is 13.3. The lowest BCUT2D eigenvalue weighted by Gasteiger charge is -2.18. The Kier molecular flexibility index (Phi) is 4.42. The molecule has 2 aromatic heterocycles. The molecule has 0 aliphatic carbocycles. The molecule has 0 amide bonds. The number of aromatic nitrogens is 4. The molecule has 2 heterocycles. The maximum Gasteiger partial charge on any atom is 0.179 e. The van der Waals surface area contributed by atoms with Crippen molar-refractivity contribution >= 4 is 23.4 Å².